The number of amides is 1. The molecule has 0 bridgehead atoms. The van der Waals surface area contributed by atoms with Crippen molar-refractivity contribution < 1.29 is 14.1 Å². The van der Waals surface area contributed by atoms with Gasteiger partial charge in [0.15, 0.2) is 11.5 Å². The zero-order chi connectivity index (χ0) is 30.3. The van der Waals surface area contributed by atoms with E-state index < -0.39 is 5.41 Å². The Morgan fingerprint density at radius 3 is 2.79 bits per heavy atom. The lowest BCUT2D eigenvalue weighted by molar-refractivity contribution is -0.127. The van der Waals surface area contributed by atoms with E-state index in [0.717, 1.165) is 55.2 Å². The Hall–Kier alpha value is -3.95. The molecule has 12 heteroatoms. The van der Waals surface area contributed by atoms with Gasteiger partial charge in [0.1, 0.15) is 28.8 Å². The lowest BCUT2D eigenvalue weighted by Crippen LogP contribution is -2.50. The first-order valence-electron chi connectivity index (χ1n) is 14.9. The number of likely N-dealkylation sites (tertiary alicyclic amines) is 1. The number of piperidine rings is 1. The molecule has 0 radical (unpaired) electrons. The van der Waals surface area contributed by atoms with Gasteiger partial charge in [-0.25, -0.2) is 4.98 Å². The fraction of sp³-hybridized carbons (Fsp3) is 0.516. The molecule has 3 aromatic rings. The van der Waals surface area contributed by atoms with Crippen LogP contribution in [0.3, 0.4) is 0 Å². The van der Waals surface area contributed by atoms with Crippen molar-refractivity contribution in [1.82, 2.24) is 24.9 Å². The van der Waals surface area contributed by atoms with Crippen molar-refractivity contribution in [2.45, 2.75) is 63.5 Å². The molecule has 1 amide bonds. The molecule has 0 aromatic carbocycles. The Balaban J connectivity index is 1.33. The van der Waals surface area contributed by atoms with E-state index in [9.17, 15) is 10.1 Å². The van der Waals surface area contributed by atoms with Gasteiger partial charge in [-0.3, -0.25) is 4.79 Å². The van der Waals surface area contributed by atoms with Crippen LogP contribution in [0.25, 0.3) is 11.5 Å². The zero-order valence-electron chi connectivity index (χ0n) is 25.0. The number of ether oxygens (including phenoxy) is 1. The number of nitrogens with zero attached hydrogens (tertiary/aromatic N) is 7. The van der Waals surface area contributed by atoms with Gasteiger partial charge in [-0.15, -0.1) is 11.3 Å². The summed E-state index contributed by atoms with van der Waals surface area (Å²) in [5, 5.41) is 14.9. The average Bonchev–Trinajstić information content (AvgIpc) is 3.63. The second-order valence-electron chi connectivity index (χ2n) is 12.1. The van der Waals surface area contributed by atoms with Crippen molar-refractivity contribution in [1.29, 1.82) is 5.26 Å². The third kappa shape index (κ3) is 5.47. The highest BCUT2D eigenvalue weighted by molar-refractivity contribution is 7.16. The van der Waals surface area contributed by atoms with Crippen molar-refractivity contribution in [2.24, 2.45) is 0 Å². The maximum Gasteiger partial charge on any atom is 0.245 e. The number of nitrogen functional groups attached to an aromatic ring is 1. The molecule has 2 N–H and O–H groups in total. The highest BCUT2D eigenvalue weighted by atomic mass is 32.1. The quantitative estimate of drug-likeness (QED) is 0.412. The van der Waals surface area contributed by atoms with E-state index in [-0.39, 0.29) is 18.1 Å². The number of carbonyl (C=O) groups excluding carboxylic acids is 1. The molecule has 0 saturated carbocycles. The fourth-order valence-electron chi connectivity index (χ4n) is 6.69. The molecular formula is C31H38N8O3S. The minimum atomic E-state index is -0.530. The summed E-state index contributed by atoms with van der Waals surface area (Å²) in [4.78, 5) is 29.4. The van der Waals surface area contributed by atoms with E-state index in [0.29, 0.717) is 59.7 Å². The van der Waals surface area contributed by atoms with Crippen LogP contribution in [0.2, 0.25) is 0 Å². The summed E-state index contributed by atoms with van der Waals surface area (Å²) in [5.74, 6) is 2.31. The SMILES string of the molecule is C=CC(=O)N1CCC(Oc2cc(N3CCN(C)CC3C)nc(-c3cc(C4(C)CCCc5sc(N)c(C#N)c54)on3)n2)CC1. The first kappa shape index (κ1) is 29.1. The number of carbonyl (C=O) groups is 1. The van der Waals surface area contributed by atoms with Gasteiger partial charge < -0.3 is 29.7 Å². The summed E-state index contributed by atoms with van der Waals surface area (Å²) >= 11 is 1.50. The Kier molecular flexibility index (Phi) is 7.87. The molecule has 2 atom stereocenters. The monoisotopic (exact) mass is 602 g/mol. The van der Waals surface area contributed by atoms with E-state index in [2.05, 4.69) is 48.5 Å². The second kappa shape index (κ2) is 11.6. The van der Waals surface area contributed by atoms with Gasteiger partial charge >= 0.3 is 0 Å². The molecule has 2 aliphatic heterocycles. The Labute approximate surface area is 255 Å². The largest absolute Gasteiger partial charge is 0.474 e. The molecule has 3 aromatic heterocycles. The number of piperazine rings is 1. The number of hydrogen-bond acceptors (Lipinski definition) is 11. The first-order chi connectivity index (χ1) is 20.7. The van der Waals surface area contributed by atoms with Gasteiger partial charge in [0.05, 0.1) is 11.0 Å². The predicted octanol–water partition coefficient (Wildman–Crippen LogP) is 3.99. The molecule has 2 saturated heterocycles. The summed E-state index contributed by atoms with van der Waals surface area (Å²) in [6.45, 7) is 11.8. The molecule has 0 spiro atoms. The van der Waals surface area contributed by atoms with E-state index >= 15 is 0 Å². The van der Waals surface area contributed by atoms with Crippen molar-refractivity contribution in [3.8, 4) is 23.5 Å². The lowest BCUT2D eigenvalue weighted by atomic mass is 9.71. The summed E-state index contributed by atoms with van der Waals surface area (Å²) in [6.07, 6.45) is 5.38. The van der Waals surface area contributed by atoms with Gasteiger partial charge in [0, 0.05) is 68.6 Å². The van der Waals surface area contributed by atoms with E-state index in [1.807, 2.05) is 12.1 Å². The molecular weight excluding hydrogens is 564 g/mol. The van der Waals surface area contributed by atoms with E-state index in [1.54, 1.807) is 4.90 Å². The van der Waals surface area contributed by atoms with Crippen LogP contribution in [0, 0.1) is 11.3 Å². The summed E-state index contributed by atoms with van der Waals surface area (Å²) in [5.41, 5.74) is 7.73. The zero-order valence-corrected chi connectivity index (χ0v) is 25.8. The second-order valence-corrected chi connectivity index (χ2v) is 13.2. The molecule has 6 rings (SSSR count). The van der Waals surface area contributed by atoms with E-state index in [1.165, 1.54) is 17.4 Å². The maximum absolute atomic E-state index is 12.1. The third-order valence-corrected chi connectivity index (χ3v) is 10.1. The highest BCUT2D eigenvalue weighted by Gasteiger charge is 2.42. The molecule has 5 heterocycles. The summed E-state index contributed by atoms with van der Waals surface area (Å²) in [6, 6.07) is 6.39. The number of likely N-dealkylation sites (N-methyl/N-ethyl adjacent to an activating group) is 1. The molecule has 1 aliphatic carbocycles. The number of aromatic nitrogens is 3. The number of hydrogen-bond donors (Lipinski definition) is 1. The Morgan fingerprint density at radius 1 is 1.28 bits per heavy atom. The topological polar surface area (TPSA) is 138 Å². The number of rotatable bonds is 6. The van der Waals surface area contributed by atoms with Crippen LogP contribution in [0.15, 0.2) is 29.3 Å². The van der Waals surface area contributed by atoms with Crippen molar-refractivity contribution in [3.05, 3.63) is 46.6 Å². The van der Waals surface area contributed by atoms with Gasteiger partial charge in [-0.1, -0.05) is 11.7 Å². The Bertz CT molecular complexity index is 1570. The van der Waals surface area contributed by atoms with Gasteiger partial charge in [-0.05, 0) is 51.8 Å². The predicted molar refractivity (Wildman–Crippen MR) is 165 cm³/mol. The van der Waals surface area contributed by atoms with Crippen LogP contribution in [0.1, 0.15) is 61.3 Å². The fourth-order valence-corrected chi connectivity index (χ4v) is 7.88. The van der Waals surface area contributed by atoms with Gasteiger partial charge in [0.2, 0.25) is 11.8 Å². The van der Waals surface area contributed by atoms with Crippen molar-refractivity contribution in [2.75, 3.05) is 50.4 Å². The first-order valence-corrected chi connectivity index (χ1v) is 15.7. The molecule has 43 heavy (non-hydrogen) atoms. The molecule has 11 nitrogen and oxygen atoms in total. The smallest absolute Gasteiger partial charge is 0.245 e. The summed E-state index contributed by atoms with van der Waals surface area (Å²) in [7, 11) is 2.13. The standard InChI is InChI=1S/C31H38N8O3S/c1-5-27(40)38-11-8-20(9-12-38)41-26-16-25(39-14-13-37(4)18-19(39)2)34-30(35-26)22-15-24(42-36-22)31(3)10-6-7-23-28(31)21(17-32)29(33)43-23/h5,15-16,19-20H,1,6-14,18,33H2,2-4H3. The molecule has 3 aliphatic rings. The minimum absolute atomic E-state index is 0.0539. The van der Waals surface area contributed by atoms with Crippen LogP contribution in [-0.4, -0.2) is 82.7 Å². The molecule has 2 unspecified atom stereocenters. The lowest BCUT2D eigenvalue weighted by Gasteiger charge is -2.39. The van der Waals surface area contributed by atoms with Gasteiger partial charge in [0.25, 0.3) is 0 Å². The van der Waals surface area contributed by atoms with Crippen LogP contribution < -0.4 is 15.4 Å². The maximum atomic E-state index is 12.1. The van der Waals surface area contributed by atoms with Crippen LogP contribution in [0.5, 0.6) is 5.88 Å². The number of thiophene rings is 1. The normalized spacial score (nSPS) is 23.1. The molecule has 226 valence electrons. The number of anilines is 2. The number of aryl methyl sites for hydroxylation is 1. The average molecular weight is 603 g/mol. The Morgan fingerprint density at radius 2 is 2.07 bits per heavy atom. The number of nitrogens with two attached hydrogens (primary N) is 1. The van der Waals surface area contributed by atoms with Crippen molar-refractivity contribution >= 4 is 28.1 Å². The number of fused-ring (bicyclic) bond motifs is 1. The molecule has 2 fully saturated rings. The summed E-state index contributed by atoms with van der Waals surface area (Å²) < 4.78 is 12.4. The van der Waals surface area contributed by atoms with Gasteiger partial charge in [-0.2, -0.15) is 10.2 Å². The van der Waals surface area contributed by atoms with Crippen molar-refractivity contribution in [3.63, 3.8) is 0 Å². The third-order valence-electron chi connectivity index (χ3n) is 9.07. The van der Waals surface area contributed by atoms with E-state index in [4.69, 9.17) is 25.0 Å². The highest BCUT2D eigenvalue weighted by Crippen LogP contribution is 2.49. The number of nitriles is 1. The minimum Gasteiger partial charge on any atom is -0.474 e. The van der Waals surface area contributed by atoms with Crippen LogP contribution in [-0.2, 0) is 16.6 Å². The van der Waals surface area contributed by atoms with Crippen LogP contribution in [0.4, 0.5) is 10.8 Å². The van der Waals surface area contributed by atoms with Crippen LogP contribution >= 0.6 is 11.3 Å².